The Morgan fingerprint density at radius 1 is 0.739 bits per heavy atom. The zero-order valence-corrected chi connectivity index (χ0v) is 12.9. The van der Waals surface area contributed by atoms with Gasteiger partial charge in [0.1, 0.15) is 5.71 Å². The molecule has 23 heavy (non-hydrogen) atoms. The van der Waals surface area contributed by atoms with Gasteiger partial charge in [0, 0.05) is 18.1 Å². The van der Waals surface area contributed by atoms with Crippen LogP contribution in [0.3, 0.4) is 0 Å². The second-order valence-corrected chi connectivity index (χ2v) is 4.90. The zero-order chi connectivity index (χ0) is 16.8. The standard InChI is InChI=1S/C18H16N2O3/c1-13(14(2)21)19-20(17(22)15-9-5-3-6-10-15)18(23)16-11-7-4-8-12-16/h3-12H,1-2H3. The molecule has 0 N–H and O–H groups in total. The van der Waals surface area contributed by atoms with Crippen LogP contribution >= 0.6 is 0 Å². The molecule has 0 aromatic heterocycles. The maximum atomic E-state index is 12.6. The van der Waals surface area contributed by atoms with Gasteiger partial charge in [0.05, 0.1) is 0 Å². The molecule has 0 aliphatic rings. The average Bonchev–Trinajstić information content (AvgIpc) is 2.59. The van der Waals surface area contributed by atoms with Crippen molar-refractivity contribution < 1.29 is 14.4 Å². The number of carbonyl (C=O) groups is 3. The number of ketones is 1. The van der Waals surface area contributed by atoms with Crippen molar-refractivity contribution in [1.29, 1.82) is 0 Å². The highest BCUT2D eigenvalue weighted by molar-refractivity contribution is 6.38. The summed E-state index contributed by atoms with van der Waals surface area (Å²) < 4.78 is 0. The minimum atomic E-state index is -0.583. The monoisotopic (exact) mass is 308 g/mol. The van der Waals surface area contributed by atoms with Gasteiger partial charge in [-0.3, -0.25) is 14.4 Å². The molecule has 0 saturated carbocycles. The Labute approximate surface area is 134 Å². The van der Waals surface area contributed by atoms with Crippen molar-refractivity contribution in [2.24, 2.45) is 5.10 Å². The fourth-order valence-electron chi connectivity index (χ4n) is 1.81. The summed E-state index contributed by atoms with van der Waals surface area (Å²) in [6.45, 7) is 2.79. The van der Waals surface area contributed by atoms with Crippen LogP contribution in [0.15, 0.2) is 65.8 Å². The van der Waals surface area contributed by atoms with Crippen molar-refractivity contribution in [2.45, 2.75) is 13.8 Å². The van der Waals surface area contributed by atoms with Crippen molar-refractivity contribution in [3.05, 3.63) is 71.8 Å². The Hall–Kier alpha value is -3.08. The first-order chi connectivity index (χ1) is 11.0. The predicted molar refractivity (Wildman–Crippen MR) is 87.2 cm³/mol. The van der Waals surface area contributed by atoms with Crippen LogP contribution in [0.4, 0.5) is 0 Å². The molecule has 0 fully saturated rings. The number of carbonyl (C=O) groups excluding carboxylic acids is 3. The number of Topliss-reactive ketones (excluding diaryl/α,β-unsaturated/α-hetero) is 1. The molecule has 0 spiro atoms. The number of imide groups is 1. The van der Waals surface area contributed by atoms with Crippen LogP contribution in [-0.4, -0.2) is 28.3 Å². The van der Waals surface area contributed by atoms with Crippen LogP contribution in [0.2, 0.25) is 0 Å². The molecule has 0 unspecified atom stereocenters. The third kappa shape index (κ3) is 3.97. The van der Waals surface area contributed by atoms with Crippen molar-refractivity contribution in [3.63, 3.8) is 0 Å². The van der Waals surface area contributed by atoms with Gasteiger partial charge in [-0.25, -0.2) is 0 Å². The summed E-state index contributed by atoms with van der Waals surface area (Å²) in [6.07, 6.45) is 0. The van der Waals surface area contributed by atoms with Crippen LogP contribution < -0.4 is 0 Å². The Morgan fingerprint density at radius 3 is 1.48 bits per heavy atom. The lowest BCUT2D eigenvalue weighted by atomic mass is 10.1. The molecule has 116 valence electrons. The largest absolute Gasteiger partial charge is 0.293 e. The lowest BCUT2D eigenvalue weighted by molar-refractivity contribution is -0.111. The minimum absolute atomic E-state index is 0.0820. The molecule has 5 heteroatoms. The number of hydrogen-bond donors (Lipinski definition) is 0. The molecule has 2 rings (SSSR count). The van der Waals surface area contributed by atoms with Gasteiger partial charge in [-0.2, -0.15) is 10.1 Å². The van der Waals surface area contributed by atoms with Crippen LogP contribution in [0.25, 0.3) is 0 Å². The average molecular weight is 308 g/mol. The van der Waals surface area contributed by atoms with E-state index in [2.05, 4.69) is 5.10 Å². The van der Waals surface area contributed by atoms with Gasteiger partial charge in [0.2, 0.25) is 0 Å². The molecule has 5 nitrogen and oxygen atoms in total. The molecule has 2 amide bonds. The van der Waals surface area contributed by atoms with Gasteiger partial charge < -0.3 is 0 Å². The van der Waals surface area contributed by atoms with E-state index in [4.69, 9.17) is 0 Å². The van der Waals surface area contributed by atoms with Gasteiger partial charge in [0.25, 0.3) is 11.8 Å². The van der Waals surface area contributed by atoms with E-state index in [-0.39, 0.29) is 11.5 Å². The second kappa shape index (κ2) is 7.26. The lowest BCUT2D eigenvalue weighted by Gasteiger charge is -2.16. The SMILES string of the molecule is CC(=O)C(C)=NN(C(=O)c1ccccc1)C(=O)c1ccccc1. The van der Waals surface area contributed by atoms with Crippen LogP contribution in [0.1, 0.15) is 34.6 Å². The van der Waals surface area contributed by atoms with Crippen LogP contribution in [0.5, 0.6) is 0 Å². The van der Waals surface area contributed by atoms with Crippen molar-refractivity contribution in [3.8, 4) is 0 Å². The van der Waals surface area contributed by atoms with Gasteiger partial charge in [-0.05, 0) is 31.2 Å². The quantitative estimate of drug-likeness (QED) is 0.495. The molecule has 0 saturated heterocycles. The Balaban J connectivity index is 2.44. The fraction of sp³-hybridized carbons (Fsp3) is 0.111. The maximum absolute atomic E-state index is 12.6. The maximum Gasteiger partial charge on any atom is 0.281 e. The van der Waals surface area contributed by atoms with Gasteiger partial charge in [0.15, 0.2) is 5.78 Å². The second-order valence-electron chi connectivity index (χ2n) is 4.90. The Morgan fingerprint density at radius 2 is 1.13 bits per heavy atom. The Bertz CT molecular complexity index is 701. The fourth-order valence-corrected chi connectivity index (χ4v) is 1.81. The first-order valence-corrected chi connectivity index (χ1v) is 7.05. The number of benzene rings is 2. The smallest absolute Gasteiger partial charge is 0.281 e. The number of hydrogen-bond acceptors (Lipinski definition) is 4. The van der Waals surface area contributed by atoms with E-state index < -0.39 is 11.8 Å². The van der Waals surface area contributed by atoms with Crippen LogP contribution in [-0.2, 0) is 4.79 Å². The number of nitrogens with zero attached hydrogens (tertiary/aromatic N) is 2. The van der Waals surface area contributed by atoms with Gasteiger partial charge >= 0.3 is 0 Å². The third-order valence-electron chi connectivity index (χ3n) is 3.19. The molecule has 0 atom stereocenters. The van der Waals surface area contributed by atoms with Crippen molar-refractivity contribution in [2.75, 3.05) is 0 Å². The molecular weight excluding hydrogens is 292 g/mol. The third-order valence-corrected chi connectivity index (χ3v) is 3.19. The van der Waals surface area contributed by atoms with Crippen molar-refractivity contribution >= 4 is 23.3 Å². The first kappa shape index (κ1) is 16.3. The van der Waals surface area contributed by atoms with Crippen LogP contribution in [0, 0.1) is 0 Å². The molecule has 0 aliphatic carbocycles. The highest BCUT2D eigenvalue weighted by Crippen LogP contribution is 2.11. The summed E-state index contributed by atoms with van der Waals surface area (Å²) in [4.78, 5) is 36.6. The van der Waals surface area contributed by atoms with E-state index >= 15 is 0 Å². The number of hydrazone groups is 1. The van der Waals surface area contributed by atoms with E-state index in [1.807, 2.05) is 0 Å². The van der Waals surface area contributed by atoms with E-state index in [1.165, 1.54) is 13.8 Å². The zero-order valence-electron chi connectivity index (χ0n) is 12.9. The first-order valence-electron chi connectivity index (χ1n) is 7.05. The normalized spacial score (nSPS) is 11.0. The molecule has 0 radical (unpaired) electrons. The number of amides is 2. The lowest BCUT2D eigenvalue weighted by Crippen LogP contribution is -2.34. The van der Waals surface area contributed by atoms with Gasteiger partial charge in [-0.15, -0.1) is 0 Å². The minimum Gasteiger partial charge on any atom is -0.293 e. The summed E-state index contributed by atoms with van der Waals surface area (Å²) in [6, 6.07) is 16.7. The molecule has 0 aliphatic heterocycles. The number of rotatable bonds is 4. The molecule has 2 aromatic carbocycles. The van der Waals surface area contributed by atoms with Gasteiger partial charge in [-0.1, -0.05) is 36.4 Å². The molecule has 0 bridgehead atoms. The van der Waals surface area contributed by atoms with E-state index in [0.29, 0.717) is 11.1 Å². The Kier molecular flexibility index (Phi) is 5.15. The molecule has 2 aromatic rings. The predicted octanol–water partition coefficient (Wildman–Crippen LogP) is 2.93. The van der Waals surface area contributed by atoms with Crippen molar-refractivity contribution in [1.82, 2.24) is 5.01 Å². The summed E-state index contributed by atoms with van der Waals surface area (Å²) in [5, 5.41) is 4.67. The molecule has 0 heterocycles. The van der Waals surface area contributed by atoms with E-state index in [0.717, 1.165) is 5.01 Å². The highest BCUT2D eigenvalue weighted by Gasteiger charge is 2.24. The summed E-state index contributed by atoms with van der Waals surface area (Å²) in [7, 11) is 0. The molecular formula is C18H16N2O3. The topological polar surface area (TPSA) is 66.8 Å². The van der Waals surface area contributed by atoms with E-state index in [1.54, 1.807) is 60.7 Å². The summed E-state index contributed by atoms with van der Waals surface area (Å²) >= 11 is 0. The van der Waals surface area contributed by atoms with E-state index in [9.17, 15) is 14.4 Å². The summed E-state index contributed by atoms with van der Waals surface area (Å²) in [5.41, 5.74) is 0.715. The highest BCUT2D eigenvalue weighted by atomic mass is 16.2. The summed E-state index contributed by atoms with van der Waals surface area (Å²) in [5.74, 6) is -1.48.